The van der Waals surface area contributed by atoms with Gasteiger partial charge in [-0.05, 0) is 12.1 Å². The molecule has 1 aromatic carbocycles. The van der Waals surface area contributed by atoms with E-state index >= 15 is 0 Å². The van der Waals surface area contributed by atoms with Gasteiger partial charge in [-0.3, -0.25) is 0 Å². The summed E-state index contributed by atoms with van der Waals surface area (Å²) in [5.41, 5.74) is 0.0182. The zero-order valence-corrected chi connectivity index (χ0v) is 9.17. The number of benzene rings is 1. The third kappa shape index (κ3) is 3.25. The van der Waals surface area contributed by atoms with Crippen molar-refractivity contribution in [3.63, 3.8) is 0 Å². The average molecular weight is 236 g/mol. The zero-order chi connectivity index (χ0) is 12.0. The number of carboxylic acids is 1. The second kappa shape index (κ2) is 5.71. The fourth-order valence-electron chi connectivity index (χ4n) is 0.881. The second-order valence-electron chi connectivity index (χ2n) is 2.61. The SMILES string of the molecule is C=CC(=O)O[Si]Oc1ccccc1C(=O)O. The summed E-state index contributed by atoms with van der Waals surface area (Å²) in [6, 6.07) is 6.09. The van der Waals surface area contributed by atoms with E-state index in [4.69, 9.17) is 9.53 Å². The first-order chi connectivity index (χ1) is 7.65. The van der Waals surface area contributed by atoms with Gasteiger partial charge in [0.1, 0.15) is 11.3 Å². The van der Waals surface area contributed by atoms with Crippen molar-refractivity contribution < 1.29 is 23.5 Å². The number of hydrogen-bond acceptors (Lipinski definition) is 4. The van der Waals surface area contributed by atoms with Gasteiger partial charge >= 0.3 is 21.9 Å². The monoisotopic (exact) mass is 236 g/mol. The number of hydrogen-bond donors (Lipinski definition) is 1. The van der Waals surface area contributed by atoms with Gasteiger partial charge < -0.3 is 14.0 Å². The number of carbonyl (C=O) groups is 2. The number of carbonyl (C=O) groups excluding carboxylic acids is 1. The fraction of sp³-hybridized carbons (Fsp3) is 0. The Labute approximate surface area is 94.4 Å². The summed E-state index contributed by atoms with van der Waals surface area (Å²) in [6.07, 6.45) is 0.999. The predicted molar refractivity (Wildman–Crippen MR) is 56.1 cm³/mol. The van der Waals surface area contributed by atoms with E-state index in [1.165, 1.54) is 12.1 Å². The summed E-state index contributed by atoms with van der Waals surface area (Å²) in [5, 5.41) is 8.82. The number of aromatic carboxylic acids is 1. The van der Waals surface area contributed by atoms with E-state index in [-0.39, 0.29) is 11.3 Å². The zero-order valence-electron chi connectivity index (χ0n) is 8.17. The molecular weight excluding hydrogens is 228 g/mol. The highest BCUT2D eigenvalue weighted by Crippen LogP contribution is 2.17. The molecule has 0 spiro atoms. The van der Waals surface area contributed by atoms with Crippen molar-refractivity contribution in [2.75, 3.05) is 0 Å². The summed E-state index contributed by atoms with van der Waals surface area (Å²) >= 11 is 0. The molecule has 0 aliphatic rings. The maximum absolute atomic E-state index is 10.8. The van der Waals surface area contributed by atoms with E-state index in [0.717, 1.165) is 6.08 Å². The van der Waals surface area contributed by atoms with E-state index < -0.39 is 21.9 Å². The Bertz CT molecular complexity index is 415. The average Bonchev–Trinajstić information content (AvgIpc) is 2.29. The lowest BCUT2D eigenvalue weighted by molar-refractivity contribution is -0.129. The van der Waals surface area contributed by atoms with E-state index in [1.54, 1.807) is 12.1 Å². The van der Waals surface area contributed by atoms with Crippen LogP contribution in [0.5, 0.6) is 5.75 Å². The lowest BCUT2D eigenvalue weighted by atomic mass is 10.2. The van der Waals surface area contributed by atoms with Crippen molar-refractivity contribution in [2.24, 2.45) is 0 Å². The molecule has 0 aliphatic carbocycles. The summed E-state index contributed by atoms with van der Waals surface area (Å²) in [4.78, 5) is 21.5. The van der Waals surface area contributed by atoms with Crippen molar-refractivity contribution in [1.29, 1.82) is 0 Å². The minimum Gasteiger partial charge on any atom is -0.507 e. The van der Waals surface area contributed by atoms with E-state index in [9.17, 15) is 9.59 Å². The Kier molecular flexibility index (Phi) is 4.28. The second-order valence-corrected chi connectivity index (χ2v) is 3.19. The van der Waals surface area contributed by atoms with Gasteiger partial charge in [0.05, 0.1) is 0 Å². The summed E-state index contributed by atoms with van der Waals surface area (Å²) < 4.78 is 9.61. The lowest BCUT2D eigenvalue weighted by Crippen LogP contribution is -2.13. The van der Waals surface area contributed by atoms with Crippen LogP contribution in [0.25, 0.3) is 0 Å². The summed E-state index contributed by atoms with van der Waals surface area (Å²) in [6.45, 7) is 3.21. The molecule has 0 bridgehead atoms. The van der Waals surface area contributed by atoms with Crippen LogP contribution in [0.3, 0.4) is 0 Å². The van der Waals surface area contributed by atoms with E-state index in [2.05, 4.69) is 11.0 Å². The number of rotatable bonds is 5. The molecule has 0 saturated carbocycles. The van der Waals surface area contributed by atoms with Crippen molar-refractivity contribution in [1.82, 2.24) is 0 Å². The molecule has 0 aromatic heterocycles. The molecule has 6 heteroatoms. The summed E-state index contributed by atoms with van der Waals surface area (Å²) in [5.74, 6) is -1.56. The first-order valence-electron chi connectivity index (χ1n) is 4.22. The molecule has 0 unspecified atom stereocenters. The van der Waals surface area contributed by atoms with Crippen LogP contribution >= 0.6 is 0 Å². The molecule has 2 radical (unpaired) electrons. The van der Waals surface area contributed by atoms with Gasteiger partial charge in [0.15, 0.2) is 0 Å². The van der Waals surface area contributed by atoms with Gasteiger partial charge in [-0.1, -0.05) is 18.7 Å². The molecule has 0 heterocycles. The van der Waals surface area contributed by atoms with Gasteiger partial charge in [0, 0.05) is 6.08 Å². The van der Waals surface area contributed by atoms with E-state index in [0.29, 0.717) is 0 Å². The van der Waals surface area contributed by atoms with Gasteiger partial charge in [-0.25, -0.2) is 9.59 Å². The van der Waals surface area contributed by atoms with Crippen LogP contribution in [-0.4, -0.2) is 27.1 Å². The van der Waals surface area contributed by atoms with Crippen molar-refractivity contribution in [3.05, 3.63) is 42.5 Å². The Morgan fingerprint density at radius 1 is 1.38 bits per heavy atom. The molecular formula is C10H8O5Si. The molecule has 0 aliphatic heterocycles. The first-order valence-corrected chi connectivity index (χ1v) is 5.04. The molecule has 0 saturated heterocycles. The molecule has 1 rings (SSSR count). The van der Waals surface area contributed by atoms with Gasteiger partial charge in [-0.15, -0.1) is 0 Å². The van der Waals surface area contributed by atoms with Crippen molar-refractivity contribution in [3.8, 4) is 5.75 Å². The molecule has 82 valence electrons. The van der Waals surface area contributed by atoms with Gasteiger partial charge in [-0.2, -0.15) is 0 Å². The minimum atomic E-state index is -1.10. The first kappa shape index (κ1) is 12.0. The van der Waals surface area contributed by atoms with Gasteiger partial charge in [0.25, 0.3) is 0 Å². The third-order valence-corrected chi connectivity index (χ3v) is 2.17. The summed E-state index contributed by atoms with van der Waals surface area (Å²) in [7, 11) is -0.598. The molecule has 1 aromatic rings. The largest absolute Gasteiger partial charge is 0.612 e. The molecule has 0 amide bonds. The lowest BCUT2D eigenvalue weighted by Gasteiger charge is -2.06. The predicted octanol–water partition coefficient (Wildman–Crippen LogP) is 1.03. The van der Waals surface area contributed by atoms with Crippen LogP contribution in [0.2, 0.25) is 0 Å². The molecule has 16 heavy (non-hydrogen) atoms. The standard InChI is InChI=1S/C10H8O5Si/c1-2-9(11)15-16-14-8-6-4-3-5-7(8)10(12)13/h2-6H,1H2,(H,12,13). The highest BCUT2D eigenvalue weighted by atomic mass is 28.3. The Hall–Kier alpha value is -2.08. The van der Waals surface area contributed by atoms with Crippen molar-refractivity contribution >= 4 is 21.9 Å². The number of carboxylic acid groups (broad SMARTS) is 1. The molecule has 0 atom stereocenters. The topological polar surface area (TPSA) is 72.8 Å². The smallest absolute Gasteiger partial charge is 0.507 e. The Balaban J connectivity index is 2.63. The Morgan fingerprint density at radius 2 is 2.06 bits per heavy atom. The maximum atomic E-state index is 10.8. The van der Waals surface area contributed by atoms with Crippen LogP contribution in [0.1, 0.15) is 10.4 Å². The van der Waals surface area contributed by atoms with Crippen LogP contribution < -0.4 is 4.43 Å². The fourth-order valence-corrected chi connectivity index (χ4v) is 1.36. The molecule has 0 fully saturated rings. The van der Waals surface area contributed by atoms with Crippen LogP contribution in [-0.2, 0) is 9.22 Å². The normalized spacial score (nSPS) is 9.25. The van der Waals surface area contributed by atoms with Crippen LogP contribution in [0, 0.1) is 0 Å². The Morgan fingerprint density at radius 3 is 2.69 bits per heavy atom. The van der Waals surface area contributed by atoms with Crippen LogP contribution in [0.4, 0.5) is 0 Å². The quantitative estimate of drug-likeness (QED) is 0.610. The maximum Gasteiger partial charge on any atom is 0.612 e. The van der Waals surface area contributed by atoms with E-state index in [1.807, 2.05) is 0 Å². The molecule has 1 N–H and O–H groups in total. The third-order valence-electron chi connectivity index (χ3n) is 1.58. The van der Waals surface area contributed by atoms with Crippen molar-refractivity contribution in [2.45, 2.75) is 0 Å². The highest BCUT2D eigenvalue weighted by Gasteiger charge is 2.11. The molecule has 5 nitrogen and oxygen atoms in total. The van der Waals surface area contributed by atoms with Gasteiger partial charge in [0.2, 0.25) is 0 Å². The minimum absolute atomic E-state index is 0.0182. The highest BCUT2D eigenvalue weighted by molar-refractivity contribution is 6.24. The number of para-hydroxylation sites is 1. The van der Waals surface area contributed by atoms with Crippen LogP contribution in [0.15, 0.2) is 36.9 Å².